The minimum absolute atomic E-state index is 1.01. The molecule has 0 aliphatic carbocycles. The molecule has 0 saturated heterocycles. The van der Waals surface area contributed by atoms with Crippen LogP contribution in [0.5, 0.6) is 0 Å². The molecular weight excluding hydrogens is 555 g/mol. The van der Waals surface area contributed by atoms with E-state index in [9.17, 15) is 0 Å². The lowest BCUT2D eigenvalue weighted by molar-refractivity contribution is 1.48. The largest absolute Gasteiger partial charge is 0.332 e. The van der Waals surface area contributed by atoms with Gasteiger partial charge < -0.3 is 4.72 Å². The van der Waals surface area contributed by atoms with Gasteiger partial charge in [-0.3, -0.25) is 0 Å². The fourth-order valence-corrected chi connectivity index (χ4v) is 9.70. The summed E-state index contributed by atoms with van der Waals surface area (Å²) in [4.78, 5) is 2.65. The first kappa shape index (κ1) is 22.6. The molecule has 0 fully saturated rings. The van der Waals surface area contributed by atoms with Crippen LogP contribution >= 0.6 is 35.5 Å². The Bertz CT molecular complexity index is 2600. The van der Waals surface area contributed by atoms with Gasteiger partial charge in [-0.15, -0.1) is 22.7 Å². The van der Waals surface area contributed by atoms with E-state index in [1.54, 1.807) is 0 Å². The minimum atomic E-state index is 1.01. The summed E-state index contributed by atoms with van der Waals surface area (Å²) >= 11 is 8.02. The molecule has 0 unspecified atom stereocenters. The summed E-state index contributed by atoms with van der Waals surface area (Å²) < 4.78 is 5.72. The third-order valence-corrected chi connectivity index (χ3v) is 11.7. The maximum atomic E-state index is 4.18. The quantitative estimate of drug-likeness (QED) is 0.158. The van der Waals surface area contributed by atoms with Gasteiger partial charge >= 0.3 is 0 Å². The van der Waals surface area contributed by atoms with Crippen molar-refractivity contribution < 1.29 is 0 Å². The Balaban J connectivity index is 1.26. The van der Waals surface area contributed by atoms with Crippen molar-refractivity contribution in [3.63, 3.8) is 0 Å². The molecule has 0 spiro atoms. The van der Waals surface area contributed by atoms with Crippen molar-refractivity contribution in [2.75, 3.05) is 4.72 Å². The van der Waals surface area contributed by atoms with Crippen LogP contribution in [-0.4, -0.2) is 0 Å². The summed E-state index contributed by atoms with van der Waals surface area (Å²) in [6.07, 6.45) is 0. The third-order valence-electron chi connectivity index (χ3n) is 9.03. The zero-order valence-corrected chi connectivity index (χ0v) is 24.5. The van der Waals surface area contributed by atoms with Gasteiger partial charge in [0.2, 0.25) is 0 Å². The van der Waals surface area contributed by atoms with Crippen molar-refractivity contribution in [1.82, 2.24) is 0 Å². The van der Waals surface area contributed by atoms with Gasteiger partial charge in [-0.25, -0.2) is 0 Å². The molecule has 0 bridgehead atoms. The molecule has 2 aromatic heterocycles. The maximum Gasteiger partial charge on any atom is 0.0438 e. The Kier molecular flexibility index (Phi) is 4.30. The third kappa shape index (κ3) is 2.87. The van der Waals surface area contributed by atoms with Crippen LogP contribution in [-0.2, 0) is 0 Å². The molecule has 1 nitrogen and oxygen atoms in total. The number of thiophene rings is 2. The van der Waals surface area contributed by atoms with Crippen LogP contribution in [0.1, 0.15) is 5.56 Å². The second kappa shape index (κ2) is 7.80. The molecule has 10 rings (SSSR count). The van der Waals surface area contributed by atoms with Crippen LogP contribution in [0.4, 0.5) is 5.69 Å². The van der Waals surface area contributed by atoms with Gasteiger partial charge in [0, 0.05) is 46.4 Å². The number of aryl methyl sites for hydroxylation is 1. The first-order chi connectivity index (χ1) is 20.2. The Hall–Kier alpha value is -4.09. The first-order valence-corrected chi connectivity index (χ1v) is 15.9. The highest BCUT2D eigenvalue weighted by Gasteiger charge is 2.24. The maximum absolute atomic E-state index is 4.18. The van der Waals surface area contributed by atoms with Gasteiger partial charge in [0.25, 0.3) is 0 Å². The average Bonchev–Trinajstić information content (AvgIpc) is 3.76. The summed E-state index contributed by atoms with van der Waals surface area (Å²) in [6.45, 7) is 2.15. The van der Waals surface area contributed by atoms with Crippen molar-refractivity contribution >= 4 is 115 Å². The summed E-state index contributed by atoms with van der Waals surface area (Å²) in [6, 6.07) is 36.6. The van der Waals surface area contributed by atoms with Gasteiger partial charge in [0.15, 0.2) is 0 Å². The molecule has 41 heavy (non-hydrogen) atoms. The molecule has 8 aromatic carbocycles. The zero-order chi connectivity index (χ0) is 27.0. The van der Waals surface area contributed by atoms with Crippen LogP contribution < -0.4 is 4.72 Å². The molecule has 0 radical (unpaired) electrons. The molecule has 192 valence electrons. The van der Waals surface area contributed by atoms with E-state index in [-0.39, 0.29) is 0 Å². The van der Waals surface area contributed by atoms with Crippen molar-refractivity contribution in [3.8, 4) is 20.9 Å². The Morgan fingerprint density at radius 1 is 0.488 bits per heavy atom. The average molecular weight is 576 g/mol. The predicted octanol–water partition coefficient (Wildman–Crippen LogP) is 12.1. The Morgan fingerprint density at radius 2 is 0.976 bits per heavy atom. The molecule has 0 aliphatic heterocycles. The number of hydrogen-bond donors (Lipinski definition) is 2. The lowest BCUT2D eigenvalue weighted by Gasteiger charge is -2.13. The standard InChI is InChI=1S/C37H21NS3/c1-18-2-4-19(5-3-18)30-16-28-26-14-21-9-13-25-35-27(15-22-8-12-24(36(28)40-30)34(26)32(22)33(21)35)29-17-31(41-37(25)29)20-6-10-23(38-39)11-7-20/h2-17,38-39H,1H3. The van der Waals surface area contributed by atoms with Crippen LogP contribution in [0.2, 0.25) is 0 Å². The molecule has 10 aromatic rings. The highest BCUT2D eigenvalue weighted by atomic mass is 32.1. The monoisotopic (exact) mass is 575 g/mol. The molecule has 4 heteroatoms. The highest BCUT2D eigenvalue weighted by Crippen LogP contribution is 2.53. The van der Waals surface area contributed by atoms with E-state index >= 15 is 0 Å². The topological polar surface area (TPSA) is 12.0 Å². The number of hydrogen-bond acceptors (Lipinski definition) is 4. The van der Waals surface area contributed by atoms with Crippen LogP contribution in [0.3, 0.4) is 0 Å². The smallest absolute Gasteiger partial charge is 0.0438 e. The molecule has 1 N–H and O–H groups in total. The fraction of sp³-hybridized carbons (Fsp3) is 0.0270. The van der Waals surface area contributed by atoms with Gasteiger partial charge in [-0.2, -0.15) is 0 Å². The molecule has 0 saturated carbocycles. The summed E-state index contributed by atoms with van der Waals surface area (Å²) in [5.41, 5.74) is 4.85. The van der Waals surface area contributed by atoms with Crippen LogP contribution in [0.25, 0.3) is 94.9 Å². The van der Waals surface area contributed by atoms with Crippen molar-refractivity contribution in [1.29, 1.82) is 0 Å². The van der Waals surface area contributed by atoms with E-state index < -0.39 is 0 Å². The highest BCUT2D eigenvalue weighted by molar-refractivity contribution is 7.81. The summed E-state index contributed by atoms with van der Waals surface area (Å²) in [7, 11) is 0. The van der Waals surface area contributed by atoms with Gasteiger partial charge in [-0.05, 0) is 97.5 Å². The summed E-state index contributed by atoms with van der Waals surface area (Å²) in [5, 5.41) is 16.7. The fourth-order valence-electron chi connectivity index (χ4n) is 7.13. The predicted molar refractivity (Wildman–Crippen MR) is 187 cm³/mol. The van der Waals surface area contributed by atoms with Gasteiger partial charge in [-0.1, -0.05) is 79.0 Å². The van der Waals surface area contributed by atoms with Crippen molar-refractivity contribution in [2.24, 2.45) is 0 Å². The number of rotatable bonds is 3. The normalized spacial score (nSPS) is 12.6. The number of fused-ring (bicyclic) bond motifs is 6. The van der Waals surface area contributed by atoms with E-state index in [0.29, 0.717) is 0 Å². The van der Waals surface area contributed by atoms with Gasteiger partial charge in [0.1, 0.15) is 0 Å². The second-order valence-electron chi connectivity index (χ2n) is 11.3. The number of benzene rings is 6. The SMILES string of the molecule is Cc1ccc(-c2cc3c4cc5ccc6c7sc(-c8ccc(NS)cc8)cc7c7cc8ccc(c3s2)c4c8c5c76)cc1. The van der Waals surface area contributed by atoms with E-state index in [2.05, 4.69) is 122 Å². The van der Waals surface area contributed by atoms with E-state index in [0.717, 1.165) is 5.69 Å². The molecule has 0 aliphatic rings. The van der Waals surface area contributed by atoms with E-state index in [1.807, 2.05) is 22.7 Å². The number of thiol groups is 1. The Labute approximate surface area is 249 Å². The lowest BCUT2D eigenvalue weighted by Crippen LogP contribution is -1.84. The summed E-state index contributed by atoms with van der Waals surface area (Å²) in [5.74, 6) is 0. The van der Waals surface area contributed by atoms with E-state index in [4.69, 9.17) is 0 Å². The molecule has 2 heterocycles. The van der Waals surface area contributed by atoms with Crippen molar-refractivity contribution in [2.45, 2.75) is 6.92 Å². The number of nitrogens with one attached hydrogen (secondary N) is 1. The van der Waals surface area contributed by atoms with Gasteiger partial charge in [0.05, 0.1) is 0 Å². The minimum Gasteiger partial charge on any atom is -0.332 e. The van der Waals surface area contributed by atoms with E-state index in [1.165, 1.54) is 100 Å². The molecule has 0 amide bonds. The van der Waals surface area contributed by atoms with Crippen LogP contribution in [0, 0.1) is 6.92 Å². The van der Waals surface area contributed by atoms with Crippen molar-refractivity contribution in [3.05, 3.63) is 103 Å². The molecule has 0 atom stereocenters. The zero-order valence-electron chi connectivity index (χ0n) is 22.0. The Morgan fingerprint density at radius 3 is 1.46 bits per heavy atom. The second-order valence-corrected chi connectivity index (χ2v) is 13.6. The molecular formula is C37H21NS3. The number of anilines is 1. The first-order valence-electron chi connectivity index (χ1n) is 13.8. The lowest BCUT2D eigenvalue weighted by atomic mass is 9.90. The van der Waals surface area contributed by atoms with Crippen LogP contribution in [0.15, 0.2) is 97.1 Å².